The van der Waals surface area contributed by atoms with E-state index in [4.69, 9.17) is 33.4 Å². The van der Waals surface area contributed by atoms with E-state index in [-0.39, 0.29) is 82.8 Å². The molecule has 0 aromatic heterocycles. The monoisotopic (exact) mass is 916 g/mol. The number of aliphatic hydroxyl groups is 2. The van der Waals surface area contributed by atoms with Gasteiger partial charge in [-0.1, -0.05) is 47.5 Å². The van der Waals surface area contributed by atoms with E-state index in [9.17, 15) is 47.6 Å². The maximum Gasteiger partial charge on any atom is 2.00 e. The van der Waals surface area contributed by atoms with E-state index in [1.165, 1.54) is 36.4 Å². The van der Waals surface area contributed by atoms with Crippen molar-refractivity contribution in [3.8, 4) is 11.5 Å². The summed E-state index contributed by atoms with van der Waals surface area (Å²) in [6.07, 6.45) is 0. The van der Waals surface area contributed by atoms with Crippen molar-refractivity contribution in [2.75, 3.05) is 0 Å². The Morgan fingerprint density at radius 1 is 0.595 bits per heavy atom. The molecule has 4 unspecified atom stereocenters. The van der Waals surface area contributed by atoms with E-state index in [0.717, 1.165) is 12.1 Å². The minimum Gasteiger partial charge on any atom is -0.809 e. The molecule has 0 spiro atoms. The molecule has 216 valence electrons. The van der Waals surface area contributed by atoms with Gasteiger partial charge in [-0.05, 0) is 39.5 Å². The first-order valence-electron chi connectivity index (χ1n) is 8.18. The van der Waals surface area contributed by atoms with Gasteiger partial charge < -0.3 is 57.8 Å². The Kier molecular flexibility index (Phi) is 19.9. The molecule has 0 aliphatic rings. The molecule has 37 heavy (non-hydrogen) atoms. The zero-order valence-corrected chi connectivity index (χ0v) is 26.8. The molecule has 2 N–H and O–H groups in total. The molecule has 0 radical (unpaired) electrons. The molecule has 0 heterocycles. The van der Waals surface area contributed by atoms with Crippen LogP contribution in [0.25, 0.3) is 0 Å². The number of hydrogen-bond donors (Lipinski definition) is 2. The zero-order chi connectivity index (χ0) is 26.5. The number of aliphatic hydroxyl groups excluding tert-OH is 2. The maximum absolute atomic E-state index is 11.2. The average molecular weight is 918 g/mol. The average Bonchev–Trinajstić information content (AvgIpc) is 2.69. The standard InChI is InChI=1S/2C7H9ClO7P2.3Pd/c2*8-5-3-1-2-4-6(5)15-17(13,14)7(9)16(10,11)12;;;/h2*1-4,7,9H,(H,13,14)(H2,10,11,12);;;/q;;3*+2/p-6. The first kappa shape index (κ1) is 42.7. The number of benzene rings is 2. The van der Waals surface area contributed by atoms with Gasteiger partial charge in [-0.2, -0.15) is 0 Å². The predicted molar refractivity (Wildman–Crippen MR) is 107 cm³/mol. The SMILES string of the molecule is O=P([O-])([O-])C(O)P(=O)([O-])Oc1ccccc1Cl.O=P([O-])([O-])C(O)P(=O)([O-])Oc1ccccc1Cl.[Pd+2].[Pd+2].[Pd+2]. The van der Waals surface area contributed by atoms with E-state index in [1.807, 2.05) is 0 Å². The van der Waals surface area contributed by atoms with Crippen molar-refractivity contribution in [3.05, 3.63) is 58.6 Å². The van der Waals surface area contributed by atoms with Crippen molar-refractivity contribution in [2.24, 2.45) is 0 Å². The molecule has 0 saturated heterocycles. The van der Waals surface area contributed by atoms with Gasteiger partial charge in [-0.3, -0.25) is 9.13 Å². The number of rotatable bonds is 8. The van der Waals surface area contributed by atoms with Crippen LogP contribution in [0.1, 0.15) is 0 Å². The summed E-state index contributed by atoms with van der Waals surface area (Å²) in [7, 11) is -22.1. The van der Waals surface area contributed by atoms with Crippen LogP contribution >= 0.6 is 53.6 Å². The molecule has 2 rings (SSSR count). The van der Waals surface area contributed by atoms with Crippen LogP contribution in [0.2, 0.25) is 10.0 Å². The van der Waals surface area contributed by atoms with E-state index in [1.54, 1.807) is 0 Å². The Morgan fingerprint density at radius 3 is 1.05 bits per heavy atom. The summed E-state index contributed by atoms with van der Waals surface area (Å²) in [5.74, 6) is -0.750. The maximum atomic E-state index is 11.2. The van der Waals surface area contributed by atoms with Crippen molar-refractivity contribution in [2.45, 2.75) is 11.2 Å². The van der Waals surface area contributed by atoms with Crippen molar-refractivity contribution in [1.82, 2.24) is 0 Å². The Morgan fingerprint density at radius 2 is 0.838 bits per heavy atom. The number of hydrogen-bond acceptors (Lipinski definition) is 14. The van der Waals surface area contributed by atoms with E-state index in [0.29, 0.717) is 0 Å². The van der Waals surface area contributed by atoms with Gasteiger partial charge in [0.1, 0.15) is 11.5 Å². The summed E-state index contributed by atoms with van der Waals surface area (Å²) >= 11 is 11.1. The van der Waals surface area contributed by atoms with Gasteiger partial charge >= 0.3 is 61.3 Å². The molecule has 2 aromatic carbocycles. The fraction of sp³-hybridized carbons (Fsp3) is 0.143. The first-order chi connectivity index (χ1) is 15.3. The Bertz CT molecular complexity index is 1100. The molecule has 0 aliphatic heterocycles. The molecule has 4 atom stereocenters. The van der Waals surface area contributed by atoms with Crippen molar-refractivity contribution in [3.63, 3.8) is 0 Å². The fourth-order valence-corrected chi connectivity index (χ4v) is 6.32. The third-order valence-electron chi connectivity index (χ3n) is 3.26. The van der Waals surface area contributed by atoms with Crippen molar-refractivity contribution >= 4 is 53.6 Å². The summed E-state index contributed by atoms with van der Waals surface area (Å²) in [4.78, 5) is 64.0. The van der Waals surface area contributed by atoms with E-state index >= 15 is 0 Å². The summed E-state index contributed by atoms with van der Waals surface area (Å²) in [6, 6.07) is 10.6. The zero-order valence-electron chi connectivity index (χ0n) is 17.1. The summed E-state index contributed by atoms with van der Waals surface area (Å²) < 4.78 is 51.8. The summed E-state index contributed by atoms with van der Waals surface area (Å²) in [5, 5.41) is 17.4. The predicted octanol–water partition coefficient (Wildman–Crippen LogP) is -1.08. The molecule has 0 bridgehead atoms. The second-order valence-corrected chi connectivity index (χ2v) is 14.2. The first-order valence-corrected chi connectivity index (χ1v) is 15.4. The van der Waals surface area contributed by atoms with E-state index in [2.05, 4.69) is 9.05 Å². The Balaban J connectivity index is -0.000000578. The minimum absolute atomic E-state index is 0. The molecule has 0 saturated carbocycles. The third-order valence-corrected chi connectivity index (χ3v) is 10.4. The number of halogens is 2. The van der Waals surface area contributed by atoms with Gasteiger partial charge in [0, 0.05) is 0 Å². The largest absolute Gasteiger partial charge is 2.00 e. The second kappa shape index (κ2) is 17.2. The molecular weight excluding hydrogens is 906 g/mol. The minimum atomic E-state index is -5.72. The van der Waals surface area contributed by atoms with Gasteiger partial charge in [0.2, 0.25) is 15.2 Å². The Hall–Kier alpha value is 1.21. The number of para-hydroxylation sites is 2. The van der Waals surface area contributed by atoms with Crippen LogP contribution in [0, 0.1) is 0 Å². The summed E-state index contributed by atoms with van der Waals surface area (Å²) in [6.45, 7) is 0. The molecule has 0 fully saturated rings. The molecular formula is C14H12Cl2O14P4Pd3. The van der Waals surface area contributed by atoms with Crippen molar-refractivity contribution < 1.29 is 128 Å². The van der Waals surface area contributed by atoms with Crippen LogP contribution in [-0.2, 0) is 79.5 Å². The van der Waals surface area contributed by atoms with E-state index < -0.39 is 41.6 Å². The smallest absolute Gasteiger partial charge is 0.809 e. The molecule has 14 nitrogen and oxygen atoms in total. The van der Waals surface area contributed by atoms with Crippen LogP contribution in [-0.4, -0.2) is 21.4 Å². The molecule has 0 aliphatic carbocycles. The van der Waals surface area contributed by atoms with Crippen LogP contribution < -0.4 is 38.4 Å². The van der Waals surface area contributed by atoms with Gasteiger partial charge in [0.25, 0.3) is 0 Å². The third kappa shape index (κ3) is 14.1. The van der Waals surface area contributed by atoms with Gasteiger partial charge in [0.05, 0.1) is 10.0 Å². The molecule has 0 amide bonds. The molecule has 2 aromatic rings. The van der Waals surface area contributed by atoms with Crippen LogP contribution in [0.4, 0.5) is 0 Å². The van der Waals surface area contributed by atoms with Gasteiger partial charge in [0.15, 0.2) is 11.2 Å². The normalized spacial score (nSPS) is 15.8. The van der Waals surface area contributed by atoms with Gasteiger partial charge in [-0.25, -0.2) is 0 Å². The molecule has 23 heteroatoms. The van der Waals surface area contributed by atoms with Crippen LogP contribution in [0.3, 0.4) is 0 Å². The fourth-order valence-electron chi connectivity index (χ4n) is 1.75. The topological polar surface area (TPSA) is 266 Å². The van der Waals surface area contributed by atoms with Crippen LogP contribution in [0.15, 0.2) is 48.5 Å². The summed E-state index contributed by atoms with van der Waals surface area (Å²) in [5.41, 5.74) is -6.29. The van der Waals surface area contributed by atoms with Crippen LogP contribution in [0.5, 0.6) is 11.5 Å². The second-order valence-electron chi connectivity index (χ2n) is 5.90. The van der Waals surface area contributed by atoms with Gasteiger partial charge in [-0.15, -0.1) is 0 Å². The Labute approximate surface area is 261 Å². The van der Waals surface area contributed by atoms with Crippen molar-refractivity contribution in [1.29, 1.82) is 0 Å². The quantitative estimate of drug-likeness (QED) is 0.236.